The number of carbonyl (C=O) groups is 2. The lowest BCUT2D eigenvalue weighted by Crippen LogP contribution is -2.14. The first-order valence-corrected chi connectivity index (χ1v) is 10.1. The lowest BCUT2D eigenvalue weighted by molar-refractivity contribution is 0.0600. The van der Waals surface area contributed by atoms with Gasteiger partial charge in [-0.3, -0.25) is 14.9 Å². The van der Waals surface area contributed by atoms with E-state index in [1.165, 1.54) is 13.3 Å². The van der Waals surface area contributed by atoms with E-state index in [4.69, 9.17) is 15.2 Å². The molecule has 0 unspecified atom stereocenters. The van der Waals surface area contributed by atoms with Gasteiger partial charge in [-0.2, -0.15) is 5.10 Å². The van der Waals surface area contributed by atoms with Crippen LogP contribution in [0.15, 0.2) is 42.6 Å². The number of nitrogens with zero attached hydrogens (tertiary/aromatic N) is 2. The van der Waals surface area contributed by atoms with Gasteiger partial charge in [0.1, 0.15) is 5.75 Å². The SMILES string of the molecule is COC(=O)c1cccc(Nc2c(C(N)=O)cnc3cc(-c4c(C)n[nH]c4C)c(OC)cc23)c1. The maximum absolute atomic E-state index is 12.2. The summed E-state index contributed by atoms with van der Waals surface area (Å²) in [6.07, 6.45) is 1.43. The molecule has 2 heterocycles. The predicted molar refractivity (Wildman–Crippen MR) is 125 cm³/mol. The summed E-state index contributed by atoms with van der Waals surface area (Å²) in [5.74, 6) is -0.518. The number of hydrogen-bond acceptors (Lipinski definition) is 7. The number of nitrogens with two attached hydrogens (primary N) is 1. The number of aromatic nitrogens is 3. The number of benzene rings is 2. The minimum absolute atomic E-state index is 0.205. The molecule has 0 aliphatic rings. The highest BCUT2D eigenvalue weighted by atomic mass is 16.5. The second kappa shape index (κ2) is 8.62. The molecule has 168 valence electrons. The number of H-pyrrole nitrogens is 1. The molecule has 0 spiro atoms. The zero-order valence-corrected chi connectivity index (χ0v) is 18.6. The number of methoxy groups -OCH3 is 2. The van der Waals surface area contributed by atoms with Gasteiger partial charge in [0.05, 0.1) is 42.2 Å². The second-order valence-electron chi connectivity index (χ2n) is 7.49. The Morgan fingerprint density at radius 1 is 1.12 bits per heavy atom. The molecule has 9 heteroatoms. The summed E-state index contributed by atoms with van der Waals surface area (Å²) < 4.78 is 10.5. The number of esters is 1. The number of aryl methyl sites for hydroxylation is 2. The van der Waals surface area contributed by atoms with E-state index in [1.54, 1.807) is 31.4 Å². The Balaban J connectivity index is 1.92. The van der Waals surface area contributed by atoms with Crippen LogP contribution in [0.2, 0.25) is 0 Å². The third kappa shape index (κ3) is 3.96. The van der Waals surface area contributed by atoms with E-state index in [-0.39, 0.29) is 5.56 Å². The lowest BCUT2D eigenvalue weighted by Gasteiger charge is -2.16. The number of hydrogen-bond donors (Lipinski definition) is 3. The van der Waals surface area contributed by atoms with Gasteiger partial charge < -0.3 is 20.5 Å². The summed E-state index contributed by atoms with van der Waals surface area (Å²) in [6, 6.07) is 10.5. The second-order valence-corrected chi connectivity index (χ2v) is 7.49. The molecule has 0 saturated carbocycles. The minimum Gasteiger partial charge on any atom is -0.496 e. The van der Waals surface area contributed by atoms with E-state index in [0.29, 0.717) is 33.6 Å². The van der Waals surface area contributed by atoms with Crippen LogP contribution in [0.4, 0.5) is 11.4 Å². The quantitative estimate of drug-likeness (QED) is 0.384. The third-order valence-electron chi connectivity index (χ3n) is 5.41. The van der Waals surface area contributed by atoms with Crippen molar-refractivity contribution in [1.29, 1.82) is 0 Å². The van der Waals surface area contributed by atoms with Crippen molar-refractivity contribution in [1.82, 2.24) is 15.2 Å². The summed E-state index contributed by atoms with van der Waals surface area (Å²) in [5, 5.41) is 11.1. The van der Waals surface area contributed by atoms with Gasteiger partial charge in [-0.1, -0.05) is 6.07 Å². The molecule has 1 amide bonds. The smallest absolute Gasteiger partial charge is 0.337 e. The highest BCUT2D eigenvalue weighted by Crippen LogP contribution is 2.39. The number of pyridine rings is 1. The summed E-state index contributed by atoms with van der Waals surface area (Å²) in [4.78, 5) is 28.6. The van der Waals surface area contributed by atoms with Gasteiger partial charge in [0.15, 0.2) is 0 Å². The Bertz CT molecular complexity index is 1370. The summed E-state index contributed by atoms with van der Waals surface area (Å²) in [5.41, 5.74) is 11.4. The van der Waals surface area contributed by atoms with Crippen LogP contribution in [0, 0.1) is 13.8 Å². The van der Waals surface area contributed by atoms with Gasteiger partial charge >= 0.3 is 5.97 Å². The molecule has 2 aromatic heterocycles. The molecule has 0 aliphatic carbocycles. The predicted octanol–water partition coefficient (Wildman–Crippen LogP) is 3.88. The van der Waals surface area contributed by atoms with Crippen LogP contribution in [0.1, 0.15) is 32.1 Å². The first kappa shape index (κ1) is 21.8. The average molecular weight is 445 g/mol. The molecule has 0 radical (unpaired) electrons. The van der Waals surface area contributed by atoms with Crippen molar-refractivity contribution >= 4 is 34.2 Å². The maximum atomic E-state index is 12.2. The number of anilines is 2. The van der Waals surface area contributed by atoms with Crippen molar-refractivity contribution in [2.24, 2.45) is 5.73 Å². The Hall–Kier alpha value is -4.40. The van der Waals surface area contributed by atoms with Gasteiger partial charge in [-0.05, 0) is 44.2 Å². The van der Waals surface area contributed by atoms with Crippen LogP contribution < -0.4 is 15.8 Å². The summed E-state index contributed by atoms with van der Waals surface area (Å²) in [6.45, 7) is 3.84. The number of nitrogens with one attached hydrogen (secondary N) is 2. The van der Waals surface area contributed by atoms with E-state index in [0.717, 1.165) is 22.5 Å². The first-order chi connectivity index (χ1) is 15.8. The number of primary amides is 1. The molecule has 9 nitrogen and oxygen atoms in total. The molecule has 2 aromatic carbocycles. The minimum atomic E-state index is -0.638. The average Bonchev–Trinajstić information content (AvgIpc) is 3.15. The fourth-order valence-corrected chi connectivity index (χ4v) is 3.84. The molecule has 0 aliphatic heterocycles. The highest BCUT2D eigenvalue weighted by molar-refractivity contribution is 6.09. The van der Waals surface area contributed by atoms with Crippen molar-refractivity contribution in [3.63, 3.8) is 0 Å². The van der Waals surface area contributed by atoms with Gasteiger partial charge in [0.2, 0.25) is 0 Å². The number of rotatable bonds is 6. The topological polar surface area (TPSA) is 132 Å². The Kier molecular flexibility index (Phi) is 5.70. The van der Waals surface area contributed by atoms with E-state index >= 15 is 0 Å². The van der Waals surface area contributed by atoms with Gasteiger partial charge in [0.25, 0.3) is 5.91 Å². The molecule has 4 rings (SSSR count). The Morgan fingerprint density at radius 3 is 2.55 bits per heavy atom. The molecule has 0 saturated heterocycles. The molecule has 33 heavy (non-hydrogen) atoms. The van der Waals surface area contributed by atoms with E-state index in [2.05, 4.69) is 20.5 Å². The molecule has 0 bridgehead atoms. The monoisotopic (exact) mass is 445 g/mol. The van der Waals surface area contributed by atoms with Gasteiger partial charge in [-0.25, -0.2) is 4.79 Å². The summed E-state index contributed by atoms with van der Waals surface area (Å²) in [7, 11) is 2.89. The Morgan fingerprint density at radius 2 is 1.91 bits per heavy atom. The van der Waals surface area contributed by atoms with Crippen molar-refractivity contribution in [3.05, 3.63) is 65.1 Å². The standard InChI is InChI=1S/C24H23N5O4/c1-12-21(13(2)29-28-12)17-9-19-16(10-20(17)32-3)22(18(11-26-19)23(25)30)27-15-7-5-6-14(8-15)24(31)33-4/h5-11H,1-4H3,(H2,25,30)(H,26,27)(H,28,29). The summed E-state index contributed by atoms with van der Waals surface area (Å²) >= 11 is 0. The van der Waals surface area contributed by atoms with Crippen molar-refractivity contribution in [2.45, 2.75) is 13.8 Å². The Labute approximate surface area is 189 Å². The highest BCUT2D eigenvalue weighted by Gasteiger charge is 2.20. The molecule has 4 N–H and O–H groups in total. The fourth-order valence-electron chi connectivity index (χ4n) is 3.84. The largest absolute Gasteiger partial charge is 0.496 e. The number of fused-ring (bicyclic) bond motifs is 1. The third-order valence-corrected chi connectivity index (χ3v) is 5.41. The van der Waals surface area contributed by atoms with Crippen LogP contribution in [0.5, 0.6) is 5.75 Å². The number of amides is 1. The molecular formula is C24H23N5O4. The molecule has 0 atom stereocenters. The normalized spacial score (nSPS) is 10.8. The fraction of sp³-hybridized carbons (Fsp3) is 0.167. The molecule has 0 fully saturated rings. The number of ether oxygens (including phenoxy) is 2. The van der Waals surface area contributed by atoms with Crippen molar-refractivity contribution in [2.75, 3.05) is 19.5 Å². The van der Waals surface area contributed by atoms with Crippen LogP contribution >= 0.6 is 0 Å². The first-order valence-electron chi connectivity index (χ1n) is 10.1. The van der Waals surface area contributed by atoms with Crippen LogP contribution in [-0.2, 0) is 4.74 Å². The van der Waals surface area contributed by atoms with Crippen molar-refractivity contribution < 1.29 is 19.1 Å². The van der Waals surface area contributed by atoms with Crippen LogP contribution in [0.3, 0.4) is 0 Å². The lowest BCUT2D eigenvalue weighted by atomic mass is 9.99. The van der Waals surface area contributed by atoms with E-state index in [9.17, 15) is 9.59 Å². The maximum Gasteiger partial charge on any atom is 0.337 e. The number of aromatic amines is 1. The van der Waals surface area contributed by atoms with E-state index in [1.807, 2.05) is 26.0 Å². The molecule has 4 aromatic rings. The molecular weight excluding hydrogens is 422 g/mol. The van der Waals surface area contributed by atoms with E-state index < -0.39 is 11.9 Å². The van der Waals surface area contributed by atoms with Gasteiger partial charge in [-0.15, -0.1) is 0 Å². The van der Waals surface area contributed by atoms with Crippen LogP contribution in [-0.4, -0.2) is 41.3 Å². The zero-order chi connectivity index (χ0) is 23.7. The zero-order valence-electron chi connectivity index (χ0n) is 18.6. The van der Waals surface area contributed by atoms with Gasteiger partial charge in [0, 0.05) is 34.1 Å². The number of carbonyl (C=O) groups excluding carboxylic acids is 2. The van der Waals surface area contributed by atoms with Crippen LogP contribution in [0.25, 0.3) is 22.0 Å². The van der Waals surface area contributed by atoms with Crippen molar-refractivity contribution in [3.8, 4) is 16.9 Å².